The Kier molecular flexibility index (Phi) is 3.50. The van der Waals surface area contributed by atoms with E-state index in [0.717, 1.165) is 19.5 Å². The Hall–Kier alpha value is -0.610. The highest BCUT2D eigenvalue weighted by molar-refractivity contribution is 5.85. The van der Waals surface area contributed by atoms with Crippen LogP contribution < -0.4 is 16.4 Å². The van der Waals surface area contributed by atoms with Gasteiger partial charge in [-0.15, -0.1) is 0 Å². The predicted octanol–water partition coefficient (Wildman–Crippen LogP) is 0.372. The Labute approximate surface area is 97.3 Å². The predicted molar refractivity (Wildman–Crippen MR) is 64.0 cm³/mol. The van der Waals surface area contributed by atoms with Gasteiger partial charge in [-0.05, 0) is 38.3 Å². The zero-order chi connectivity index (χ0) is 11.6. The second kappa shape index (κ2) is 4.72. The molecule has 16 heavy (non-hydrogen) atoms. The quantitative estimate of drug-likeness (QED) is 0.650. The van der Waals surface area contributed by atoms with E-state index in [-0.39, 0.29) is 11.8 Å². The van der Waals surface area contributed by atoms with Crippen LogP contribution in [0.3, 0.4) is 0 Å². The summed E-state index contributed by atoms with van der Waals surface area (Å²) in [7, 11) is 0. The smallest absolute Gasteiger partial charge is 0.238 e. The second-order valence-corrected chi connectivity index (χ2v) is 5.32. The first-order valence-electron chi connectivity index (χ1n) is 6.43. The fraction of sp³-hybridized carbons (Fsp3) is 0.917. The average Bonchev–Trinajstić information content (AvgIpc) is 2.74. The molecule has 0 aromatic carbocycles. The SMILES string of the molecule is CC1CNCCC1(NC1CCCC1)C(N)=O. The van der Waals surface area contributed by atoms with Crippen LogP contribution in [0.25, 0.3) is 0 Å². The number of nitrogens with two attached hydrogens (primary N) is 1. The number of carbonyl (C=O) groups excluding carboxylic acids is 1. The summed E-state index contributed by atoms with van der Waals surface area (Å²) < 4.78 is 0. The molecule has 0 aromatic heterocycles. The van der Waals surface area contributed by atoms with Crippen LogP contribution in [0.1, 0.15) is 39.0 Å². The van der Waals surface area contributed by atoms with E-state index in [9.17, 15) is 4.79 Å². The van der Waals surface area contributed by atoms with Gasteiger partial charge >= 0.3 is 0 Å². The third-order valence-corrected chi connectivity index (χ3v) is 4.24. The van der Waals surface area contributed by atoms with Crippen molar-refractivity contribution in [3.05, 3.63) is 0 Å². The van der Waals surface area contributed by atoms with Crippen molar-refractivity contribution in [3.63, 3.8) is 0 Å². The Balaban J connectivity index is 2.10. The average molecular weight is 225 g/mol. The molecular formula is C12H23N3O. The zero-order valence-corrected chi connectivity index (χ0v) is 10.1. The van der Waals surface area contributed by atoms with Crippen molar-refractivity contribution in [1.29, 1.82) is 0 Å². The van der Waals surface area contributed by atoms with Gasteiger partial charge in [0.1, 0.15) is 5.54 Å². The lowest BCUT2D eigenvalue weighted by molar-refractivity contribution is -0.128. The van der Waals surface area contributed by atoms with E-state index in [1.54, 1.807) is 0 Å². The molecule has 2 rings (SSSR count). The van der Waals surface area contributed by atoms with E-state index in [0.29, 0.717) is 6.04 Å². The number of hydrogen-bond acceptors (Lipinski definition) is 3. The molecule has 4 nitrogen and oxygen atoms in total. The van der Waals surface area contributed by atoms with Crippen LogP contribution in [0, 0.1) is 5.92 Å². The molecule has 0 bridgehead atoms. The van der Waals surface area contributed by atoms with Gasteiger partial charge in [0.25, 0.3) is 0 Å². The highest BCUT2D eigenvalue weighted by atomic mass is 16.1. The first kappa shape index (κ1) is 11.9. The van der Waals surface area contributed by atoms with Gasteiger partial charge in [0.05, 0.1) is 0 Å². The Morgan fingerprint density at radius 3 is 2.69 bits per heavy atom. The number of amides is 1. The summed E-state index contributed by atoms with van der Waals surface area (Å²) in [5.41, 5.74) is 5.17. The van der Waals surface area contributed by atoms with Crippen molar-refractivity contribution in [2.45, 2.75) is 50.6 Å². The van der Waals surface area contributed by atoms with Gasteiger partial charge in [0.2, 0.25) is 5.91 Å². The van der Waals surface area contributed by atoms with Crippen LogP contribution in [-0.4, -0.2) is 30.6 Å². The monoisotopic (exact) mass is 225 g/mol. The molecule has 2 atom stereocenters. The van der Waals surface area contributed by atoms with Crippen molar-refractivity contribution >= 4 is 5.91 Å². The molecule has 0 spiro atoms. The summed E-state index contributed by atoms with van der Waals surface area (Å²) in [5, 5.41) is 6.89. The lowest BCUT2D eigenvalue weighted by atomic mass is 9.78. The summed E-state index contributed by atoms with van der Waals surface area (Å²) in [4.78, 5) is 11.8. The minimum atomic E-state index is -0.472. The lowest BCUT2D eigenvalue weighted by Crippen LogP contribution is -2.66. The summed E-state index contributed by atoms with van der Waals surface area (Å²) in [6, 6.07) is 0.494. The first-order chi connectivity index (χ1) is 7.65. The molecule has 2 fully saturated rings. The molecule has 1 saturated carbocycles. The molecule has 1 amide bonds. The van der Waals surface area contributed by atoms with Gasteiger partial charge in [-0.25, -0.2) is 0 Å². The van der Waals surface area contributed by atoms with Gasteiger partial charge in [-0.3, -0.25) is 4.79 Å². The summed E-state index contributed by atoms with van der Waals surface area (Å²) >= 11 is 0. The Bertz CT molecular complexity index is 263. The Morgan fingerprint density at radius 2 is 2.12 bits per heavy atom. The van der Waals surface area contributed by atoms with Gasteiger partial charge in [0.15, 0.2) is 0 Å². The van der Waals surface area contributed by atoms with Crippen LogP contribution in [0.2, 0.25) is 0 Å². The largest absolute Gasteiger partial charge is 0.368 e. The van der Waals surface area contributed by atoms with E-state index in [1.165, 1.54) is 25.7 Å². The number of hydrogen-bond donors (Lipinski definition) is 3. The molecule has 1 heterocycles. The molecule has 4 heteroatoms. The van der Waals surface area contributed by atoms with Crippen molar-refractivity contribution in [1.82, 2.24) is 10.6 Å². The molecule has 0 radical (unpaired) electrons. The van der Waals surface area contributed by atoms with Crippen LogP contribution in [-0.2, 0) is 4.79 Å². The minimum absolute atomic E-state index is 0.173. The molecular weight excluding hydrogens is 202 g/mol. The van der Waals surface area contributed by atoms with Crippen LogP contribution >= 0.6 is 0 Å². The zero-order valence-electron chi connectivity index (χ0n) is 10.1. The van der Waals surface area contributed by atoms with Gasteiger partial charge < -0.3 is 16.4 Å². The lowest BCUT2D eigenvalue weighted by Gasteiger charge is -2.43. The highest BCUT2D eigenvalue weighted by Crippen LogP contribution is 2.28. The van der Waals surface area contributed by atoms with Crippen molar-refractivity contribution < 1.29 is 4.79 Å². The summed E-state index contributed by atoms with van der Waals surface area (Å²) in [6.07, 6.45) is 5.75. The van der Waals surface area contributed by atoms with E-state index < -0.39 is 5.54 Å². The summed E-state index contributed by atoms with van der Waals surface area (Å²) in [5.74, 6) is 0.104. The van der Waals surface area contributed by atoms with E-state index in [1.807, 2.05) is 0 Å². The molecule has 92 valence electrons. The molecule has 1 aliphatic carbocycles. The minimum Gasteiger partial charge on any atom is -0.368 e. The van der Waals surface area contributed by atoms with Crippen LogP contribution in [0.15, 0.2) is 0 Å². The van der Waals surface area contributed by atoms with Crippen molar-refractivity contribution in [3.8, 4) is 0 Å². The van der Waals surface area contributed by atoms with Crippen LogP contribution in [0.5, 0.6) is 0 Å². The fourth-order valence-corrected chi connectivity index (χ4v) is 3.11. The number of carbonyl (C=O) groups is 1. The van der Waals surface area contributed by atoms with Gasteiger partial charge in [-0.1, -0.05) is 19.8 Å². The fourth-order valence-electron chi connectivity index (χ4n) is 3.11. The maximum atomic E-state index is 11.8. The highest BCUT2D eigenvalue weighted by Gasteiger charge is 2.44. The second-order valence-electron chi connectivity index (χ2n) is 5.32. The maximum Gasteiger partial charge on any atom is 0.238 e. The number of primary amides is 1. The normalized spacial score (nSPS) is 36.4. The third kappa shape index (κ3) is 2.09. The molecule has 1 aliphatic heterocycles. The molecule has 2 aliphatic rings. The molecule has 1 saturated heterocycles. The number of rotatable bonds is 3. The van der Waals surface area contributed by atoms with Gasteiger partial charge in [0, 0.05) is 6.04 Å². The van der Waals surface area contributed by atoms with Crippen LogP contribution in [0.4, 0.5) is 0 Å². The number of nitrogens with one attached hydrogen (secondary N) is 2. The van der Waals surface area contributed by atoms with Gasteiger partial charge in [-0.2, -0.15) is 0 Å². The first-order valence-corrected chi connectivity index (χ1v) is 6.43. The van der Waals surface area contributed by atoms with E-state index in [2.05, 4.69) is 17.6 Å². The van der Waals surface area contributed by atoms with Crippen molar-refractivity contribution in [2.24, 2.45) is 11.7 Å². The molecule has 2 unspecified atom stereocenters. The summed E-state index contributed by atoms with van der Waals surface area (Å²) in [6.45, 7) is 3.87. The maximum absolute atomic E-state index is 11.8. The number of piperidine rings is 1. The van der Waals surface area contributed by atoms with E-state index >= 15 is 0 Å². The third-order valence-electron chi connectivity index (χ3n) is 4.24. The Morgan fingerprint density at radius 1 is 1.44 bits per heavy atom. The standard InChI is InChI=1S/C12H23N3O/c1-9-8-14-7-6-12(9,11(13)16)15-10-4-2-3-5-10/h9-10,14-15H,2-8H2,1H3,(H2,13,16). The molecule has 0 aromatic rings. The van der Waals surface area contributed by atoms with E-state index in [4.69, 9.17) is 5.73 Å². The topological polar surface area (TPSA) is 67.2 Å². The molecule has 4 N–H and O–H groups in total. The van der Waals surface area contributed by atoms with Crippen molar-refractivity contribution in [2.75, 3.05) is 13.1 Å².